The molecule has 9 atom stereocenters. The van der Waals surface area contributed by atoms with E-state index in [1.165, 1.54) is 29.7 Å². The van der Waals surface area contributed by atoms with Crippen molar-refractivity contribution in [3.63, 3.8) is 0 Å². The molecule has 1 heterocycles. The van der Waals surface area contributed by atoms with Gasteiger partial charge in [0.25, 0.3) is 5.91 Å². The maximum Gasteiger partial charge on any atom is 0.326 e. The van der Waals surface area contributed by atoms with Crippen molar-refractivity contribution in [1.29, 1.82) is 0 Å². The quantitative estimate of drug-likeness (QED) is 0.0294. The molecule has 1 aliphatic rings. The van der Waals surface area contributed by atoms with Gasteiger partial charge >= 0.3 is 5.97 Å². The maximum atomic E-state index is 13.0. The highest BCUT2D eigenvalue weighted by Crippen LogP contribution is 2.30. The lowest BCUT2D eigenvalue weighted by Crippen LogP contribution is -2.52. The summed E-state index contributed by atoms with van der Waals surface area (Å²) >= 11 is 0. The molecule has 338 valence electrons. The normalized spacial score (nSPS) is 19.6. The molecule has 2 N–H and O–H groups in total. The summed E-state index contributed by atoms with van der Waals surface area (Å²) in [5.41, 5.74) is 2.29. The maximum absolute atomic E-state index is 13.0. The number of aliphatic carboxylic acids is 1. The molecule has 1 fully saturated rings. The number of carboxylic acid groups (broad SMARTS) is 1. The molecule has 0 radical (unpaired) electrons. The third-order valence-electron chi connectivity index (χ3n) is 12.3. The molecule has 0 aromatic carbocycles. The smallest absolute Gasteiger partial charge is 0.326 e. The number of ether oxygens (including phenoxy) is 3. The molecule has 1 saturated heterocycles. The van der Waals surface area contributed by atoms with Crippen LogP contribution < -0.4 is 0 Å². The van der Waals surface area contributed by atoms with Crippen LogP contribution in [-0.4, -0.2) is 96.4 Å². The topological polar surface area (TPSA) is 140 Å². The molecular weight excluding hydrogens is 747 g/mol. The minimum atomic E-state index is -1.09. The number of hydrogen-bond acceptors (Lipinski definition) is 8. The van der Waals surface area contributed by atoms with Crippen LogP contribution in [0.4, 0.5) is 0 Å². The largest absolute Gasteiger partial charge is 0.480 e. The minimum Gasteiger partial charge on any atom is -0.480 e. The number of rotatable bonds is 32. The fourth-order valence-electron chi connectivity index (χ4n) is 8.09. The van der Waals surface area contributed by atoms with Gasteiger partial charge in [-0.3, -0.25) is 14.4 Å². The van der Waals surface area contributed by atoms with Gasteiger partial charge in [0.05, 0.1) is 25.4 Å². The first kappa shape index (κ1) is 54.1. The predicted octanol–water partition coefficient (Wildman–Crippen LogP) is 9.88. The molecule has 0 aromatic rings. The Kier molecular flexibility index (Phi) is 28.4. The molecule has 10 nitrogen and oxygen atoms in total. The summed E-state index contributed by atoms with van der Waals surface area (Å²) in [4.78, 5) is 51.7. The number of likely N-dealkylation sites (tertiary alicyclic amines) is 1. The summed E-state index contributed by atoms with van der Waals surface area (Å²) in [6.45, 7) is 20.5. The third-order valence-corrected chi connectivity index (χ3v) is 12.3. The van der Waals surface area contributed by atoms with Crippen LogP contribution in [0.25, 0.3) is 0 Å². The number of ketones is 2. The summed E-state index contributed by atoms with van der Waals surface area (Å²) in [7, 11) is 1.63. The fraction of sp³-hybridized carbons (Fsp3) is 0.755. The van der Waals surface area contributed by atoms with E-state index in [9.17, 15) is 24.3 Å². The van der Waals surface area contributed by atoms with Crippen LogP contribution in [0.15, 0.2) is 47.6 Å². The van der Waals surface area contributed by atoms with Gasteiger partial charge in [-0.05, 0) is 121 Å². The summed E-state index contributed by atoms with van der Waals surface area (Å²) in [5.74, 6) is 0.228. The molecule has 1 rings (SSSR count). The number of carbonyl (C=O) groups excluding carboxylic acids is 3. The average molecular weight is 830 g/mol. The number of aliphatic hydroxyl groups is 1. The number of amides is 1. The molecule has 0 saturated carbocycles. The van der Waals surface area contributed by atoms with Crippen LogP contribution in [0.3, 0.4) is 0 Å². The Hall–Kier alpha value is -2.92. The van der Waals surface area contributed by atoms with Crippen molar-refractivity contribution >= 4 is 23.4 Å². The Labute approximate surface area is 358 Å². The number of aliphatic hydroxyl groups excluding tert-OH is 1. The van der Waals surface area contributed by atoms with Crippen molar-refractivity contribution in [3.8, 4) is 0 Å². The fourth-order valence-corrected chi connectivity index (χ4v) is 8.09. The average Bonchev–Trinajstić information content (AvgIpc) is 3.22. The number of nitrogens with zero attached hydrogens (tertiary/aromatic N) is 1. The summed E-state index contributed by atoms with van der Waals surface area (Å²) in [5, 5.41) is 18.4. The first-order chi connectivity index (χ1) is 28.1. The number of carbonyl (C=O) groups is 4. The highest BCUT2D eigenvalue weighted by Gasteiger charge is 2.37. The number of methoxy groups -OCH3 is 1. The summed E-state index contributed by atoms with van der Waals surface area (Å²) in [6, 6.07) is -0.974. The van der Waals surface area contributed by atoms with E-state index in [0.29, 0.717) is 74.6 Å². The molecule has 0 aromatic heterocycles. The third kappa shape index (κ3) is 22.0. The van der Waals surface area contributed by atoms with E-state index in [-0.39, 0.29) is 31.3 Å². The van der Waals surface area contributed by atoms with Crippen molar-refractivity contribution in [3.05, 3.63) is 47.6 Å². The second kappa shape index (κ2) is 31.0. The first-order valence-electron chi connectivity index (χ1n) is 22.7. The molecule has 0 spiro atoms. The second-order valence-corrected chi connectivity index (χ2v) is 17.3. The molecule has 1 amide bonds. The second-order valence-electron chi connectivity index (χ2n) is 17.3. The van der Waals surface area contributed by atoms with E-state index in [2.05, 4.69) is 46.8 Å². The lowest BCUT2D eigenvalue weighted by Gasteiger charge is -2.33. The lowest BCUT2D eigenvalue weighted by molar-refractivity contribution is -0.160. The van der Waals surface area contributed by atoms with Crippen LogP contribution in [0.5, 0.6) is 0 Å². The molecule has 59 heavy (non-hydrogen) atoms. The van der Waals surface area contributed by atoms with Gasteiger partial charge < -0.3 is 29.3 Å². The highest BCUT2D eigenvalue weighted by molar-refractivity contribution is 6.38. The number of allylic oxidation sites excluding steroid dienone is 7. The Morgan fingerprint density at radius 1 is 0.864 bits per heavy atom. The van der Waals surface area contributed by atoms with Crippen molar-refractivity contribution in [1.82, 2.24) is 4.90 Å². The van der Waals surface area contributed by atoms with E-state index < -0.39 is 29.8 Å². The van der Waals surface area contributed by atoms with Crippen LogP contribution in [0.1, 0.15) is 152 Å². The van der Waals surface area contributed by atoms with Crippen LogP contribution >= 0.6 is 0 Å². The molecule has 0 bridgehead atoms. The van der Waals surface area contributed by atoms with E-state index in [0.717, 1.165) is 44.3 Å². The predicted molar refractivity (Wildman–Crippen MR) is 238 cm³/mol. The monoisotopic (exact) mass is 830 g/mol. The molecular formula is C49H83NO9. The molecule has 1 aliphatic heterocycles. The number of Topliss-reactive ketones (excluding diaryl/α,β-unsaturated/α-hetero) is 2. The molecule has 0 aliphatic carbocycles. The van der Waals surface area contributed by atoms with Crippen LogP contribution in [0, 0.1) is 29.6 Å². The van der Waals surface area contributed by atoms with Crippen molar-refractivity contribution in [2.75, 3.05) is 33.5 Å². The SMILES string of the molecule is CCC(CCCOCCO)C[C@H](C)C(C)C[C@H](C)/C=C(\C)CCC(=O)[C@@H](C)CC/C=C/C=C/C=C(\C)C(CC(CC)OC(C)C(=O)C(=O)N1CCCCC1C(=O)O)OC. The van der Waals surface area contributed by atoms with Gasteiger partial charge in [-0.15, -0.1) is 0 Å². The zero-order chi connectivity index (χ0) is 44.3. The number of carboxylic acids is 1. The van der Waals surface area contributed by atoms with Gasteiger partial charge in [0.2, 0.25) is 5.78 Å². The lowest BCUT2D eigenvalue weighted by atomic mass is 9.80. The highest BCUT2D eigenvalue weighted by atomic mass is 16.5. The van der Waals surface area contributed by atoms with Gasteiger partial charge in [-0.1, -0.05) is 90.0 Å². The Bertz CT molecular complexity index is 1350. The zero-order valence-corrected chi connectivity index (χ0v) is 38.6. The summed E-state index contributed by atoms with van der Waals surface area (Å²) < 4.78 is 17.2. The van der Waals surface area contributed by atoms with Crippen molar-refractivity contribution < 1.29 is 43.6 Å². The van der Waals surface area contributed by atoms with Crippen LogP contribution in [-0.2, 0) is 33.4 Å². The van der Waals surface area contributed by atoms with E-state index in [4.69, 9.17) is 19.3 Å². The zero-order valence-electron chi connectivity index (χ0n) is 38.6. The van der Waals surface area contributed by atoms with E-state index in [1.54, 1.807) is 14.0 Å². The Morgan fingerprint density at radius 3 is 2.22 bits per heavy atom. The van der Waals surface area contributed by atoms with Crippen LogP contribution in [0.2, 0.25) is 0 Å². The van der Waals surface area contributed by atoms with Crippen molar-refractivity contribution in [2.24, 2.45) is 29.6 Å². The first-order valence-corrected chi connectivity index (χ1v) is 22.7. The van der Waals surface area contributed by atoms with Gasteiger partial charge in [-0.25, -0.2) is 4.79 Å². The Balaban J connectivity index is 2.50. The van der Waals surface area contributed by atoms with Gasteiger partial charge in [-0.2, -0.15) is 0 Å². The van der Waals surface area contributed by atoms with Gasteiger partial charge in [0.1, 0.15) is 17.9 Å². The molecule has 6 unspecified atom stereocenters. The van der Waals surface area contributed by atoms with Crippen molar-refractivity contribution in [2.45, 2.75) is 177 Å². The Morgan fingerprint density at radius 2 is 1.58 bits per heavy atom. The van der Waals surface area contributed by atoms with E-state index >= 15 is 0 Å². The van der Waals surface area contributed by atoms with E-state index in [1.807, 2.05) is 45.1 Å². The number of piperidine rings is 1. The minimum absolute atomic E-state index is 0.0170. The van der Waals surface area contributed by atoms with Gasteiger partial charge in [0.15, 0.2) is 0 Å². The van der Waals surface area contributed by atoms with Gasteiger partial charge in [0, 0.05) is 39.0 Å². The standard InChI is InChI=1S/C49H83NO9/c1-11-42(23-20-29-58-30-28-51)33-40(8)39(7)32-36(4)31-35(3)25-26-45(52)37(5)21-16-14-13-15-17-22-38(6)46(57-10)34-43(12-2)59-41(9)47(53)48(54)50-27-19-18-24-44(50)49(55)56/h13-15,17,22,31,36-37,39-44,46,51H,11-12,16,18-21,23-30,32-34H2,1-10H3,(H,55,56)/b14-13+,17-15+,35-31+,38-22+/t36-,37+,39?,40+,41?,42?,43?,44?,46?/m1/s1. The molecule has 10 heteroatoms. The number of hydrogen-bond donors (Lipinski definition) is 2. The summed E-state index contributed by atoms with van der Waals surface area (Å²) in [6.07, 6.45) is 22.5.